The van der Waals surface area contributed by atoms with Crippen molar-refractivity contribution in [3.8, 4) is 0 Å². The average Bonchev–Trinajstić information content (AvgIpc) is 3.17. The fourth-order valence-electron chi connectivity index (χ4n) is 3.53. The SMILES string of the molecule is CC(=O)Nc1ccc(NC(=O)C(C)(Cc2nc3ccccc3s2)c2ccccc2)cc1. The normalized spacial score (nSPS) is 12.8. The van der Waals surface area contributed by atoms with E-state index < -0.39 is 5.41 Å². The first-order valence-corrected chi connectivity index (χ1v) is 10.8. The van der Waals surface area contributed by atoms with E-state index in [-0.39, 0.29) is 11.8 Å². The number of anilines is 2. The van der Waals surface area contributed by atoms with E-state index in [2.05, 4.69) is 10.6 Å². The number of rotatable bonds is 6. The number of para-hydroxylation sites is 1. The molecule has 31 heavy (non-hydrogen) atoms. The Hall–Kier alpha value is -3.51. The van der Waals surface area contributed by atoms with Gasteiger partial charge in [0.25, 0.3) is 0 Å². The zero-order valence-corrected chi connectivity index (χ0v) is 18.2. The summed E-state index contributed by atoms with van der Waals surface area (Å²) in [5, 5.41) is 6.69. The van der Waals surface area contributed by atoms with Crippen molar-refractivity contribution in [3.63, 3.8) is 0 Å². The maximum Gasteiger partial charge on any atom is 0.235 e. The van der Waals surface area contributed by atoms with Gasteiger partial charge in [-0.25, -0.2) is 4.98 Å². The number of hydrogen-bond donors (Lipinski definition) is 2. The summed E-state index contributed by atoms with van der Waals surface area (Å²) in [5.41, 5.74) is 2.44. The lowest BCUT2D eigenvalue weighted by Crippen LogP contribution is -2.39. The van der Waals surface area contributed by atoms with Crippen LogP contribution in [0.3, 0.4) is 0 Å². The van der Waals surface area contributed by atoms with Crippen molar-refractivity contribution in [1.82, 2.24) is 4.98 Å². The van der Waals surface area contributed by atoms with Crippen LogP contribution in [0.2, 0.25) is 0 Å². The minimum absolute atomic E-state index is 0.106. The van der Waals surface area contributed by atoms with Crippen LogP contribution in [-0.2, 0) is 21.4 Å². The molecule has 3 aromatic carbocycles. The van der Waals surface area contributed by atoms with E-state index in [1.165, 1.54) is 6.92 Å². The number of thiazole rings is 1. The van der Waals surface area contributed by atoms with Crippen LogP contribution in [-0.4, -0.2) is 16.8 Å². The van der Waals surface area contributed by atoms with Crippen molar-refractivity contribution in [1.29, 1.82) is 0 Å². The molecule has 0 saturated heterocycles. The molecule has 1 aromatic heterocycles. The van der Waals surface area contributed by atoms with Gasteiger partial charge in [-0.15, -0.1) is 11.3 Å². The van der Waals surface area contributed by atoms with Crippen molar-refractivity contribution >= 4 is 44.7 Å². The highest BCUT2D eigenvalue weighted by Crippen LogP contribution is 2.33. The molecule has 0 saturated carbocycles. The summed E-state index contributed by atoms with van der Waals surface area (Å²) in [6.07, 6.45) is 0.492. The Kier molecular flexibility index (Phi) is 5.82. The molecule has 4 rings (SSSR count). The molecule has 4 aromatic rings. The largest absolute Gasteiger partial charge is 0.326 e. The van der Waals surface area contributed by atoms with E-state index in [0.29, 0.717) is 17.8 Å². The Labute approximate surface area is 185 Å². The molecular formula is C25H23N3O2S. The van der Waals surface area contributed by atoms with Crippen LogP contribution in [0.1, 0.15) is 24.4 Å². The zero-order valence-electron chi connectivity index (χ0n) is 17.4. The first-order chi connectivity index (χ1) is 14.9. The van der Waals surface area contributed by atoms with Gasteiger partial charge in [0.2, 0.25) is 11.8 Å². The van der Waals surface area contributed by atoms with Gasteiger partial charge in [-0.05, 0) is 48.9 Å². The zero-order chi connectivity index (χ0) is 21.8. The summed E-state index contributed by atoms with van der Waals surface area (Å²) >= 11 is 1.62. The van der Waals surface area contributed by atoms with Gasteiger partial charge in [0.1, 0.15) is 0 Å². The summed E-state index contributed by atoms with van der Waals surface area (Å²) in [7, 11) is 0. The molecule has 0 spiro atoms. The monoisotopic (exact) mass is 429 g/mol. The molecule has 1 unspecified atom stereocenters. The highest BCUT2D eigenvalue weighted by atomic mass is 32.1. The van der Waals surface area contributed by atoms with Crippen LogP contribution >= 0.6 is 11.3 Å². The number of aromatic nitrogens is 1. The number of nitrogens with zero attached hydrogens (tertiary/aromatic N) is 1. The van der Waals surface area contributed by atoms with Crippen molar-refractivity contribution in [3.05, 3.63) is 89.4 Å². The standard InChI is InChI=1S/C25H23N3O2S/c1-17(29)26-19-12-14-20(15-13-19)27-24(30)25(2,18-8-4-3-5-9-18)16-23-28-21-10-6-7-11-22(21)31-23/h3-15H,16H2,1-2H3,(H,26,29)(H,27,30). The van der Waals surface area contributed by atoms with Gasteiger partial charge in [0, 0.05) is 24.7 Å². The predicted octanol–water partition coefficient (Wildman–Crippen LogP) is 5.39. The molecule has 0 aliphatic rings. The predicted molar refractivity (Wildman–Crippen MR) is 126 cm³/mol. The fraction of sp³-hybridized carbons (Fsp3) is 0.160. The number of fused-ring (bicyclic) bond motifs is 1. The molecule has 0 bridgehead atoms. The summed E-state index contributed by atoms with van der Waals surface area (Å²) in [5.74, 6) is -0.241. The number of nitrogens with one attached hydrogen (secondary N) is 2. The lowest BCUT2D eigenvalue weighted by molar-refractivity contribution is -0.121. The maximum atomic E-state index is 13.5. The molecule has 5 nitrogen and oxygen atoms in total. The molecular weight excluding hydrogens is 406 g/mol. The maximum absolute atomic E-state index is 13.5. The van der Waals surface area contributed by atoms with E-state index in [1.54, 1.807) is 35.6 Å². The first kappa shape index (κ1) is 20.8. The fourth-order valence-corrected chi connectivity index (χ4v) is 4.65. The molecule has 0 aliphatic heterocycles. The third-order valence-electron chi connectivity index (χ3n) is 5.22. The minimum Gasteiger partial charge on any atom is -0.326 e. The van der Waals surface area contributed by atoms with E-state index in [0.717, 1.165) is 20.8 Å². The minimum atomic E-state index is -0.800. The summed E-state index contributed by atoms with van der Waals surface area (Å²) in [6.45, 7) is 3.42. The number of carbonyl (C=O) groups excluding carboxylic acids is 2. The van der Waals surface area contributed by atoms with Crippen molar-refractivity contribution in [2.45, 2.75) is 25.7 Å². The van der Waals surface area contributed by atoms with Gasteiger partial charge in [-0.3, -0.25) is 9.59 Å². The Bertz CT molecular complexity index is 1190. The highest BCUT2D eigenvalue weighted by molar-refractivity contribution is 7.18. The van der Waals surface area contributed by atoms with E-state index in [9.17, 15) is 9.59 Å². The van der Waals surface area contributed by atoms with E-state index in [1.807, 2.05) is 61.5 Å². The highest BCUT2D eigenvalue weighted by Gasteiger charge is 2.36. The van der Waals surface area contributed by atoms with Crippen molar-refractivity contribution in [2.75, 3.05) is 10.6 Å². The Morgan fingerprint density at radius 2 is 1.48 bits per heavy atom. The molecule has 2 N–H and O–H groups in total. The summed E-state index contributed by atoms with van der Waals surface area (Å²) in [6, 6.07) is 24.9. The van der Waals surface area contributed by atoms with Crippen LogP contribution in [0.4, 0.5) is 11.4 Å². The van der Waals surface area contributed by atoms with Gasteiger partial charge in [-0.2, -0.15) is 0 Å². The third-order valence-corrected chi connectivity index (χ3v) is 6.25. The van der Waals surface area contributed by atoms with Crippen molar-refractivity contribution in [2.24, 2.45) is 0 Å². The first-order valence-electron chi connectivity index (χ1n) is 10.0. The molecule has 1 heterocycles. The smallest absolute Gasteiger partial charge is 0.235 e. The van der Waals surface area contributed by atoms with Crippen molar-refractivity contribution < 1.29 is 9.59 Å². The van der Waals surface area contributed by atoms with Gasteiger partial charge in [0.15, 0.2) is 0 Å². The topological polar surface area (TPSA) is 71.1 Å². The molecule has 1 atom stereocenters. The van der Waals surface area contributed by atoms with Gasteiger partial charge < -0.3 is 10.6 Å². The number of benzene rings is 3. The van der Waals surface area contributed by atoms with Gasteiger partial charge in [-0.1, -0.05) is 42.5 Å². The molecule has 2 amide bonds. The van der Waals surface area contributed by atoms with Crippen LogP contribution < -0.4 is 10.6 Å². The second-order valence-electron chi connectivity index (χ2n) is 7.66. The second-order valence-corrected chi connectivity index (χ2v) is 8.78. The average molecular weight is 430 g/mol. The van der Waals surface area contributed by atoms with Crippen LogP contribution in [0.25, 0.3) is 10.2 Å². The quantitative estimate of drug-likeness (QED) is 0.431. The van der Waals surface area contributed by atoms with E-state index >= 15 is 0 Å². The molecule has 0 aliphatic carbocycles. The Morgan fingerprint density at radius 3 is 2.13 bits per heavy atom. The number of carbonyl (C=O) groups is 2. The van der Waals surface area contributed by atoms with E-state index in [4.69, 9.17) is 4.98 Å². The van der Waals surface area contributed by atoms with Gasteiger partial charge >= 0.3 is 0 Å². The third kappa shape index (κ3) is 4.64. The van der Waals surface area contributed by atoms with Crippen LogP contribution in [0.15, 0.2) is 78.9 Å². The van der Waals surface area contributed by atoms with Crippen LogP contribution in [0.5, 0.6) is 0 Å². The van der Waals surface area contributed by atoms with Crippen LogP contribution in [0, 0.1) is 0 Å². The molecule has 6 heteroatoms. The molecule has 0 fully saturated rings. The number of amides is 2. The Morgan fingerprint density at radius 1 is 0.871 bits per heavy atom. The lowest BCUT2D eigenvalue weighted by Gasteiger charge is -2.28. The molecule has 0 radical (unpaired) electrons. The molecule has 156 valence electrons. The summed E-state index contributed by atoms with van der Waals surface area (Å²) < 4.78 is 1.11. The second kappa shape index (κ2) is 8.70. The summed E-state index contributed by atoms with van der Waals surface area (Å²) in [4.78, 5) is 29.5. The van der Waals surface area contributed by atoms with Gasteiger partial charge in [0.05, 0.1) is 20.6 Å². The number of hydrogen-bond acceptors (Lipinski definition) is 4. The Balaban J connectivity index is 1.62. The lowest BCUT2D eigenvalue weighted by atomic mass is 9.78.